The molecule has 0 aliphatic heterocycles. The number of amides is 1. The van der Waals surface area contributed by atoms with Gasteiger partial charge in [-0.2, -0.15) is 5.10 Å². The van der Waals surface area contributed by atoms with E-state index in [1.807, 2.05) is 0 Å². The second-order valence-electron chi connectivity index (χ2n) is 6.14. The van der Waals surface area contributed by atoms with Gasteiger partial charge in [0, 0.05) is 17.0 Å². The zero-order valence-electron chi connectivity index (χ0n) is 14.9. The maximum absolute atomic E-state index is 12.1. The monoisotopic (exact) mass is 387 g/mol. The lowest BCUT2D eigenvalue weighted by atomic mass is 10.1. The van der Waals surface area contributed by atoms with Crippen LogP contribution in [0.3, 0.4) is 0 Å². The van der Waals surface area contributed by atoms with Crippen LogP contribution in [0, 0.1) is 0 Å². The van der Waals surface area contributed by atoms with Crippen LogP contribution >= 0.6 is 11.8 Å². The fourth-order valence-electron chi connectivity index (χ4n) is 2.59. The first-order chi connectivity index (χ1) is 13.0. The zero-order valence-corrected chi connectivity index (χ0v) is 15.8. The second kappa shape index (κ2) is 8.67. The molecule has 1 aliphatic rings. The molecule has 0 spiro atoms. The van der Waals surface area contributed by atoms with E-state index in [2.05, 4.69) is 26.0 Å². The van der Waals surface area contributed by atoms with Crippen molar-refractivity contribution >= 4 is 40.8 Å². The molecule has 1 heterocycles. The highest BCUT2D eigenvalue weighted by Crippen LogP contribution is 2.19. The summed E-state index contributed by atoms with van der Waals surface area (Å²) in [5, 5.41) is 15.4. The second-order valence-corrected chi connectivity index (χ2v) is 7.09. The number of hydrazone groups is 1. The van der Waals surface area contributed by atoms with Crippen molar-refractivity contribution in [2.45, 2.75) is 37.8 Å². The Kier molecular flexibility index (Phi) is 6.07. The Morgan fingerprint density at radius 2 is 1.93 bits per heavy atom. The number of nitrogens with one attached hydrogen (secondary N) is 2. The highest BCUT2D eigenvalue weighted by molar-refractivity contribution is 7.99. The molecule has 3 rings (SSSR count). The molecule has 0 atom stereocenters. The van der Waals surface area contributed by atoms with Crippen molar-refractivity contribution in [2.75, 3.05) is 22.3 Å². The van der Waals surface area contributed by atoms with Crippen molar-refractivity contribution in [3.05, 3.63) is 29.8 Å². The summed E-state index contributed by atoms with van der Waals surface area (Å²) in [6, 6.07) is 6.72. The number of Topliss-reactive ketones (excluding diaryl/α,β-unsaturated/α-hetero) is 1. The largest absolute Gasteiger partial charge is 0.334 e. The van der Waals surface area contributed by atoms with Crippen LogP contribution in [0.5, 0.6) is 0 Å². The van der Waals surface area contributed by atoms with Crippen molar-refractivity contribution in [1.82, 2.24) is 14.9 Å². The Bertz CT molecular complexity index is 853. The van der Waals surface area contributed by atoms with E-state index in [-0.39, 0.29) is 17.4 Å². The zero-order chi connectivity index (χ0) is 19.2. The van der Waals surface area contributed by atoms with Gasteiger partial charge < -0.3 is 11.2 Å². The molecule has 10 heteroatoms. The third kappa shape index (κ3) is 5.07. The van der Waals surface area contributed by atoms with E-state index >= 15 is 0 Å². The molecule has 0 unspecified atom stereocenters. The fourth-order valence-corrected chi connectivity index (χ4v) is 3.25. The SMILES string of the molecule is CC(=O)c1ccc(NC(=O)CSc2nnc(NN=C3CCCC3)n2N)cc1. The molecule has 0 saturated heterocycles. The number of nitrogens with two attached hydrogens (primary N) is 1. The Morgan fingerprint density at radius 1 is 1.22 bits per heavy atom. The van der Waals surface area contributed by atoms with Crippen LogP contribution in [0.2, 0.25) is 0 Å². The third-order valence-electron chi connectivity index (χ3n) is 4.07. The minimum absolute atomic E-state index is 0.0202. The van der Waals surface area contributed by atoms with Crippen LogP contribution in [0.1, 0.15) is 43.0 Å². The Balaban J connectivity index is 1.51. The van der Waals surface area contributed by atoms with Crippen LogP contribution in [0.15, 0.2) is 34.5 Å². The molecule has 1 aliphatic carbocycles. The Hall–Kier alpha value is -2.88. The molecule has 1 fully saturated rings. The lowest BCUT2D eigenvalue weighted by Crippen LogP contribution is -2.17. The van der Waals surface area contributed by atoms with Crippen LogP contribution < -0.4 is 16.6 Å². The van der Waals surface area contributed by atoms with Gasteiger partial charge >= 0.3 is 0 Å². The van der Waals surface area contributed by atoms with Crippen molar-refractivity contribution < 1.29 is 9.59 Å². The summed E-state index contributed by atoms with van der Waals surface area (Å²) in [4.78, 5) is 23.4. The smallest absolute Gasteiger partial charge is 0.264 e. The summed E-state index contributed by atoms with van der Waals surface area (Å²) < 4.78 is 1.28. The van der Waals surface area contributed by atoms with Crippen molar-refractivity contribution in [1.29, 1.82) is 0 Å². The van der Waals surface area contributed by atoms with E-state index in [9.17, 15) is 9.59 Å². The third-order valence-corrected chi connectivity index (χ3v) is 5.01. The fraction of sp³-hybridized carbons (Fsp3) is 0.353. The number of carbonyl (C=O) groups excluding carboxylic acids is 2. The van der Waals surface area contributed by atoms with Crippen LogP contribution in [-0.4, -0.2) is 38.0 Å². The number of carbonyl (C=O) groups is 2. The average molecular weight is 387 g/mol. The maximum atomic E-state index is 12.1. The van der Waals surface area contributed by atoms with Gasteiger partial charge in [-0.25, -0.2) is 10.1 Å². The van der Waals surface area contributed by atoms with Gasteiger partial charge in [0.15, 0.2) is 5.78 Å². The highest BCUT2D eigenvalue weighted by atomic mass is 32.2. The molecule has 1 saturated carbocycles. The molecule has 142 valence electrons. The van der Waals surface area contributed by atoms with Gasteiger partial charge in [-0.1, -0.05) is 11.8 Å². The first-order valence-electron chi connectivity index (χ1n) is 8.58. The van der Waals surface area contributed by atoms with Gasteiger partial charge in [0.25, 0.3) is 5.95 Å². The van der Waals surface area contributed by atoms with E-state index in [1.165, 1.54) is 23.4 Å². The number of rotatable bonds is 7. The summed E-state index contributed by atoms with van der Waals surface area (Å²) in [5.74, 6) is 6.17. The predicted molar refractivity (Wildman–Crippen MR) is 105 cm³/mol. The molecule has 1 aromatic heterocycles. The van der Waals surface area contributed by atoms with E-state index < -0.39 is 0 Å². The Labute approximate surface area is 160 Å². The molecule has 2 aromatic rings. The van der Waals surface area contributed by atoms with Crippen LogP contribution in [-0.2, 0) is 4.79 Å². The van der Waals surface area contributed by atoms with Crippen LogP contribution in [0.4, 0.5) is 11.6 Å². The molecular formula is C17H21N7O2S. The molecule has 9 nitrogen and oxygen atoms in total. The number of hydrogen-bond acceptors (Lipinski definition) is 8. The first-order valence-corrected chi connectivity index (χ1v) is 9.57. The quantitative estimate of drug-likeness (QED) is 0.288. The molecule has 0 bridgehead atoms. The number of nitrogens with zero attached hydrogens (tertiary/aromatic N) is 4. The number of nitrogen functional groups attached to an aromatic ring is 1. The van der Waals surface area contributed by atoms with Crippen LogP contribution in [0.25, 0.3) is 0 Å². The van der Waals surface area contributed by atoms with E-state index in [1.54, 1.807) is 24.3 Å². The van der Waals surface area contributed by atoms with Gasteiger partial charge in [-0.3, -0.25) is 9.59 Å². The van der Waals surface area contributed by atoms with Crippen molar-refractivity contribution in [2.24, 2.45) is 5.10 Å². The van der Waals surface area contributed by atoms with E-state index in [0.717, 1.165) is 31.4 Å². The first kappa shape index (κ1) is 18.9. The normalized spacial score (nSPS) is 13.4. The number of ketones is 1. The number of aromatic nitrogens is 3. The highest BCUT2D eigenvalue weighted by Gasteiger charge is 2.13. The lowest BCUT2D eigenvalue weighted by Gasteiger charge is -2.06. The van der Waals surface area contributed by atoms with Gasteiger partial charge in [0.2, 0.25) is 11.1 Å². The van der Waals surface area contributed by atoms with Gasteiger partial charge in [0.05, 0.1) is 5.75 Å². The summed E-state index contributed by atoms with van der Waals surface area (Å²) in [5.41, 5.74) is 5.14. The number of thioether (sulfide) groups is 1. The van der Waals surface area contributed by atoms with E-state index in [4.69, 9.17) is 5.84 Å². The van der Waals surface area contributed by atoms with Gasteiger partial charge in [-0.05, 0) is 56.9 Å². The van der Waals surface area contributed by atoms with Crippen molar-refractivity contribution in [3.8, 4) is 0 Å². The molecule has 4 N–H and O–H groups in total. The van der Waals surface area contributed by atoms with Gasteiger partial charge in [0.1, 0.15) is 0 Å². The van der Waals surface area contributed by atoms with Gasteiger partial charge in [-0.15, -0.1) is 10.2 Å². The minimum Gasteiger partial charge on any atom is -0.334 e. The molecule has 1 aromatic carbocycles. The molecular weight excluding hydrogens is 366 g/mol. The Morgan fingerprint density at radius 3 is 2.59 bits per heavy atom. The molecule has 27 heavy (non-hydrogen) atoms. The summed E-state index contributed by atoms with van der Waals surface area (Å²) >= 11 is 1.17. The topological polar surface area (TPSA) is 127 Å². The standard InChI is InChI=1S/C17H21N7O2S/c1-11(25)12-6-8-13(9-7-12)19-15(26)10-27-17-23-22-16(24(17)18)21-20-14-4-2-3-5-14/h6-9H,2-5,10,18H2,1H3,(H,19,26)(H,21,22). The van der Waals surface area contributed by atoms with Crippen molar-refractivity contribution in [3.63, 3.8) is 0 Å². The average Bonchev–Trinajstić information content (AvgIpc) is 3.29. The maximum Gasteiger partial charge on any atom is 0.264 e. The summed E-state index contributed by atoms with van der Waals surface area (Å²) in [6.45, 7) is 1.50. The summed E-state index contributed by atoms with van der Waals surface area (Å²) in [7, 11) is 0. The number of benzene rings is 1. The number of hydrogen-bond donors (Lipinski definition) is 3. The number of anilines is 2. The minimum atomic E-state index is -0.209. The molecule has 1 amide bonds. The van der Waals surface area contributed by atoms with E-state index in [0.29, 0.717) is 22.4 Å². The predicted octanol–water partition coefficient (Wildman–Crippen LogP) is 2.27. The molecule has 0 radical (unpaired) electrons. The summed E-state index contributed by atoms with van der Waals surface area (Å²) in [6.07, 6.45) is 4.29. The lowest BCUT2D eigenvalue weighted by molar-refractivity contribution is -0.113.